The van der Waals surface area contributed by atoms with E-state index in [0.717, 1.165) is 18.4 Å². The van der Waals surface area contributed by atoms with Crippen molar-refractivity contribution >= 4 is 11.8 Å². The molecule has 17 heavy (non-hydrogen) atoms. The van der Waals surface area contributed by atoms with E-state index in [-0.39, 0.29) is 0 Å². The average molecular weight is 232 g/mol. The maximum atomic E-state index is 11.4. The average Bonchev–Trinajstić information content (AvgIpc) is 2.70. The Kier molecular flexibility index (Phi) is 3.01. The normalized spacial score (nSPS) is 18.2. The van der Waals surface area contributed by atoms with Gasteiger partial charge in [0.05, 0.1) is 0 Å². The third-order valence-electron chi connectivity index (χ3n) is 3.57. The third-order valence-corrected chi connectivity index (χ3v) is 3.57. The molecule has 0 fully saturated rings. The largest absolute Gasteiger partial charge is 0.475 e. The van der Waals surface area contributed by atoms with Gasteiger partial charge in [-0.3, -0.25) is 4.79 Å². The molecule has 0 saturated carbocycles. The van der Waals surface area contributed by atoms with Crippen molar-refractivity contribution in [2.75, 3.05) is 0 Å². The fourth-order valence-electron chi connectivity index (χ4n) is 2.39. The van der Waals surface area contributed by atoms with Gasteiger partial charge in [-0.1, -0.05) is 26.0 Å². The molecule has 1 aromatic carbocycles. The molecule has 3 heteroatoms. The molecule has 0 aliphatic heterocycles. The lowest BCUT2D eigenvalue weighted by Crippen LogP contribution is -2.12. The standard InChI is InChI=1S/C14H16O3/c1-8(2)11-5-9-3-4-10(6-12(9)7-11)13(15)14(16)17/h3-4,6,8,11H,5,7H2,1-2H3,(H,16,17)/t11-/m1/s1. The molecule has 0 aromatic heterocycles. The summed E-state index contributed by atoms with van der Waals surface area (Å²) in [7, 11) is 0. The minimum absolute atomic E-state index is 0.292. The molecule has 1 aliphatic carbocycles. The van der Waals surface area contributed by atoms with Crippen LogP contribution in [0.5, 0.6) is 0 Å². The molecule has 1 aromatic rings. The summed E-state index contributed by atoms with van der Waals surface area (Å²) in [5, 5.41) is 8.67. The summed E-state index contributed by atoms with van der Waals surface area (Å²) in [6.07, 6.45) is 1.99. The summed E-state index contributed by atoms with van der Waals surface area (Å²) in [6.45, 7) is 4.39. The first-order chi connectivity index (χ1) is 7.99. The van der Waals surface area contributed by atoms with E-state index in [1.165, 1.54) is 5.56 Å². The van der Waals surface area contributed by atoms with Crippen LogP contribution in [0.1, 0.15) is 35.3 Å². The lowest BCUT2D eigenvalue weighted by Gasteiger charge is -2.12. The van der Waals surface area contributed by atoms with E-state index in [1.54, 1.807) is 12.1 Å². The fraction of sp³-hybridized carbons (Fsp3) is 0.429. The number of carboxylic acids is 1. The van der Waals surface area contributed by atoms with Crippen LogP contribution < -0.4 is 0 Å². The number of fused-ring (bicyclic) bond motifs is 1. The van der Waals surface area contributed by atoms with Crippen LogP contribution in [-0.4, -0.2) is 16.9 Å². The molecule has 0 bridgehead atoms. The van der Waals surface area contributed by atoms with Crippen molar-refractivity contribution in [1.29, 1.82) is 0 Å². The number of carboxylic acid groups (broad SMARTS) is 1. The number of carbonyl (C=O) groups is 2. The number of Topliss-reactive ketones (excluding diaryl/α,β-unsaturated/α-hetero) is 1. The van der Waals surface area contributed by atoms with Gasteiger partial charge in [-0.25, -0.2) is 4.79 Å². The van der Waals surface area contributed by atoms with Gasteiger partial charge in [0.25, 0.3) is 5.78 Å². The van der Waals surface area contributed by atoms with E-state index in [9.17, 15) is 9.59 Å². The number of aliphatic carboxylic acids is 1. The SMILES string of the molecule is CC(C)[C@@H]1Cc2ccc(C(=O)C(=O)O)cc2C1. The van der Waals surface area contributed by atoms with E-state index in [1.807, 2.05) is 6.07 Å². The smallest absolute Gasteiger partial charge is 0.377 e. The van der Waals surface area contributed by atoms with Gasteiger partial charge in [0.15, 0.2) is 0 Å². The Morgan fingerprint density at radius 2 is 1.88 bits per heavy atom. The Morgan fingerprint density at radius 3 is 2.47 bits per heavy atom. The number of hydrogen-bond donors (Lipinski definition) is 1. The van der Waals surface area contributed by atoms with Crippen molar-refractivity contribution in [3.05, 3.63) is 34.9 Å². The molecule has 0 saturated heterocycles. The van der Waals surface area contributed by atoms with Gasteiger partial charge in [0.2, 0.25) is 0 Å². The van der Waals surface area contributed by atoms with E-state index in [4.69, 9.17) is 5.11 Å². The summed E-state index contributed by atoms with van der Waals surface area (Å²) < 4.78 is 0. The van der Waals surface area contributed by atoms with Crippen molar-refractivity contribution in [3.8, 4) is 0 Å². The maximum absolute atomic E-state index is 11.4. The highest BCUT2D eigenvalue weighted by molar-refractivity contribution is 6.39. The van der Waals surface area contributed by atoms with E-state index >= 15 is 0 Å². The van der Waals surface area contributed by atoms with E-state index in [2.05, 4.69) is 13.8 Å². The minimum Gasteiger partial charge on any atom is -0.475 e. The zero-order chi connectivity index (χ0) is 12.6. The molecule has 90 valence electrons. The fourth-order valence-corrected chi connectivity index (χ4v) is 2.39. The predicted octanol–water partition coefficient (Wildman–Crippen LogP) is 2.32. The van der Waals surface area contributed by atoms with Crippen molar-refractivity contribution in [2.45, 2.75) is 26.7 Å². The quantitative estimate of drug-likeness (QED) is 0.642. The van der Waals surface area contributed by atoms with Gasteiger partial charge in [-0.2, -0.15) is 0 Å². The molecule has 0 spiro atoms. The molecule has 0 heterocycles. The minimum atomic E-state index is -1.39. The number of hydrogen-bond acceptors (Lipinski definition) is 2. The Balaban J connectivity index is 2.27. The summed E-state index contributed by atoms with van der Waals surface area (Å²) in [5.74, 6) is -0.981. The lowest BCUT2D eigenvalue weighted by atomic mass is 9.93. The number of carbonyl (C=O) groups excluding carboxylic acids is 1. The maximum Gasteiger partial charge on any atom is 0.377 e. The monoisotopic (exact) mass is 232 g/mol. The number of ketones is 1. The molecule has 1 atom stereocenters. The van der Waals surface area contributed by atoms with Crippen molar-refractivity contribution < 1.29 is 14.7 Å². The lowest BCUT2D eigenvalue weighted by molar-refractivity contribution is -0.131. The number of rotatable bonds is 3. The van der Waals surface area contributed by atoms with Gasteiger partial charge in [-0.15, -0.1) is 0 Å². The molecule has 2 rings (SSSR count). The Bertz CT molecular complexity index is 474. The zero-order valence-electron chi connectivity index (χ0n) is 10.1. The van der Waals surface area contributed by atoms with Crippen LogP contribution in [0.15, 0.2) is 18.2 Å². The zero-order valence-corrected chi connectivity index (χ0v) is 10.1. The highest BCUT2D eigenvalue weighted by atomic mass is 16.4. The van der Waals surface area contributed by atoms with E-state index < -0.39 is 11.8 Å². The predicted molar refractivity (Wildman–Crippen MR) is 64.1 cm³/mol. The summed E-state index contributed by atoms with van der Waals surface area (Å²) >= 11 is 0. The summed E-state index contributed by atoms with van der Waals surface area (Å²) in [6, 6.07) is 5.26. The summed E-state index contributed by atoms with van der Waals surface area (Å²) in [4.78, 5) is 22.0. The van der Waals surface area contributed by atoms with Crippen LogP contribution in [0.4, 0.5) is 0 Å². The Morgan fingerprint density at radius 1 is 1.24 bits per heavy atom. The van der Waals surface area contributed by atoms with Crippen LogP contribution in [0.3, 0.4) is 0 Å². The second-order valence-corrected chi connectivity index (χ2v) is 5.03. The number of benzene rings is 1. The van der Waals surface area contributed by atoms with Crippen LogP contribution in [0.25, 0.3) is 0 Å². The van der Waals surface area contributed by atoms with Crippen LogP contribution in [0, 0.1) is 11.8 Å². The van der Waals surface area contributed by atoms with Gasteiger partial charge >= 0.3 is 5.97 Å². The first-order valence-electron chi connectivity index (χ1n) is 5.88. The van der Waals surface area contributed by atoms with Crippen LogP contribution in [-0.2, 0) is 17.6 Å². The van der Waals surface area contributed by atoms with Gasteiger partial charge in [0, 0.05) is 5.56 Å². The second kappa shape index (κ2) is 4.32. The summed E-state index contributed by atoms with van der Waals surface area (Å²) in [5.41, 5.74) is 2.68. The first kappa shape index (κ1) is 11.8. The topological polar surface area (TPSA) is 54.4 Å². The molecule has 1 aliphatic rings. The molecular weight excluding hydrogens is 216 g/mol. The highest BCUT2D eigenvalue weighted by Crippen LogP contribution is 2.32. The third kappa shape index (κ3) is 2.23. The van der Waals surface area contributed by atoms with E-state index in [0.29, 0.717) is 17.4 Å². The molecule has 0 unspecified atom stereocenters. The van der Waals surface area contributed by atoms with Crippen molar-refractivity contribution in [2.24, 2.45) is 11.8 Å². The second-order valence-electron chi connectivity index (χ2n) is 5.03. The molecule has 1 N–H and O–H groups in total. The van der Waals surface area contributed by atoms with Gasteiger partial charge in [-0.05, 0) is 41.9 Å². The Hall–Kier alpha value is -1.64. The molecule has 3 nitrogen and oxygen atoms in total. The van der Waals surface area contributed by atoms with Crippen molar-refractivity contribution in [3.63, 3.8) is 0 Å². The van der Waals surface area contributed by atoms with Crippen molar-refractivity contribution in [1.82, 2.24) is 0 Å². The Labute approximate surface area is 100 Å². The highest BCUT2D eigenvalue weighted by Gasteiger charge is 2.25. The van der Waals surface area contributed by atoms with Gasteiger partial charge < -0.3 is 5.11 Å². The molecule has 0 amide bonds. The van der Waals surface area contributed by atoms with Gasteiger partial charge in [0.1, 0.15) is 0 Å². The molecular formula is C14H16O3. The van der Waals surface area contributed by atoms with Crippen LogP contribution >= 0.6 is 0 Å². The molecule has 0 radical (unpaired) electrons. The first-order valence-corrected chi connectivity index (χ1v) is 5.88. The van der Waals surface area contributed by atoms with Crippen LogP contribution in [0.2, 0.25) is 0 Å².